The van der Waals surface area contributed by atoms with E-state index >= 15 is 0 Å². The topological polar surface area (TPSA) is 12.5 Å². The molecule has 0 bridgehead atoms. The van der Waals surface area contributed by atoms with Gasteiger partial charge in [-0.25, -0.2) is 0 Å². The molecule has 0 amide bonds. The average molecular weight is 364 g/mol. The summed E-state index contributed by atoms with van der Waals surface area (Å²) in [6, 6.07) is 14.2. The number of likely N-dealkylation sites (N-methyl/N-ethyl adjacent to an activating group) is 1. The first-order valence-electron chi connectivity index (χ1n) is 8.07. The van der Waals surface area contributed by atoms with E-state index in [-0.39, 0.29) is 12.4 Å². The molecule has 0 aliphatic carbocycles. The first kappa shape index (κ1) is 18.9. The second-order valence-electron chi connectivity index (χ2n) is 5.93. The lowest BCUT2D eigenvalue weighted by Gasteiger charge is -2.14. The van der Waals surface area contributed by atoms with Crippen molar-refractivity contribution in [1.82, 2.24) is 4.90 Å². The van der Waals surface area contributed by atoms with Crippen molar-refractivity contribution in [1.29, 1.82) is 0 Å². The van der Waals surface area contributed by atoms with Crippen LogP contribution in [0.1, 0.15) is 16.7 Å². The van der Waals surface area contributed by atoms with Gasteiger partial charge in [0, 0.05) is 23.7 Å². The molecule has 0 N–H and O–H groups in total. The zero-order valence-corrected chi connectivity index (χ0v) is 15.4. The van der Waals surface area contributed by atoms with E-state index in [0.717, 1.165) is 36.7 Å². The van der Waals surface area contributed by atoms with Crippen LogP contribution in [0.4, 0.5) is 0 Å². The molecule has 2 aromatic rings. The number of nitrogens with zero attached hydrogens (tertiary/aromatic N) is 1. The summed E-state index contributed by atoms with van der Waals surface area (Å²) >= 11 is 6.39. The number of fused-ring (bicyclic) bond motifs is 1. The fourth-order valence-electron chi connectivity index (χ4n) is 2.93. The molecule has 0 fully saturated rings. The minimum atomic E-state index is 0. The molecule has 0 atom stereocenters. The van der Waals surface area contributed by atoms with Gasteiger partial charge in [0.25, 0.3) is 0 Å². The Morgan fingerprint density at radius 2 is 1.75 bits per heavy atom. The van der Waals surface area contributed by atoms with Gasteiger partial charge in [0.2, 0.25) is 0 Å². The van der Waals surface area contributed by atoms with Gasteiger partial charge in [0.15, 0.2) is 0 Å². The summed E-state index contributed by atoms with van der Waals surface area (Å²) in [7, 11) is 2.16. The van der Waals surface area contributed by atoms with E-state index < -0.39 is 0 Å². The molecule has 1 aliphatic heterocycles. The van der Waals surface area contributed by atoms with Gasteiger partial charge in [0.05, 0.1) is 0 Å². The molecule has 1 heterocycles. The van der Waals surface area contributed by atoms with Crippen LogP contribution in [0.2, 0.25) is 5.02 Å². The maximum Gasteiger partial charge on any atom is 0.123 e. The Morgan fingerprint density at radius 3 is 2.50 bits per heavy atom. The molecule has 4 heteroatoms. The third kappa shape index (κ3) is 4.76. The number of benzene rings is 2. The fourth-order valence-corrected chi connectivity index (χ4v) is 3.20. The minimum Gasteiger partial charge on any atom is -0.489 e. The monoisotopic (exact) mass is 363 g/mol. The van der Waals surface area contributed by atoms with Gasteiger partial charge in [-0.2, -0.15) is 0 Å². The standard InChI is InChI=1S/C20H22ClNO.ClH/c1-22-13-11-17-18(12-14-22)20(10-9-19(17)21)23-15-5-8-16-6-3-2-4-7-16;/h2-10H,11-15H2,1H3;1H. The van der Waals surface area contributed by atoms with Gasteiger partial charge in [-0.1, -0.05) is 48.0 Å². The average Bonchev–Trinajstić information content (AvgIpc) is 2.77. The molecule has 24 heavy (non-hydrogen) atoms. The molecule has 3 rings (SSSR count). The quantitative estimate of drug-likeness (QED) is 0.766. The largest absolute Gasteiger partial charge is 0.489 e. The highest BCUT2D eigenvalue weighted by atomic mass is 35.5. The van der Waals surface area contributed by atoms with Gasteiger partial charge >= 0.3 is 0 Å². The van der Waals surface area contributed by atoms with Crippen molar-refractivity contribution in [3.05, 3.63) is 70.3 Å². The van der Waals surface area contributed by atoms with E-state index in [0.29, 0.717) is 6.61 Å². The molecule has 2 aromatic carbocycles. The Morgan fingerprint density at radius 1 is 1.04 bits per heavy atom. The SMILES string of the molecule is CN1CCc2c(Cl)ccc(OCC=Cc3ccccc3)c2CC1.Cl. The van der Waals surface area contributed by atoms with Crippen LogP contribution in [0, 0.1) is 0 Å². The summed E-state index contributed by atoms with van der Waals surface area (Å²) < 4.78 is 6.01. The van der Waals surface area contributed by atoms with Crippen molar-refractivity contribution < 1.29 is 4.74 Å². The normalized spacial score (nSPS) is 14.8. The summed E-state index contributed by atoms with van der Waals surface area (Å²) in [5.74, 6) is 0.970. The van der Waals surface area contributed by atoms with Crippen LogP contribution in [0.5, 0.6) is 5.75 Å². The van der Waals surface area contributed by atoms with Crippen LogP contribution in [0.15, 0.2) is 48.5 Å². The number of hydrogen-bond acceptors (Lipinski definition) is 2. The van der Waals surface area contributed by atoms with E-state index in [2.05, 4.69) is 36.2 Å². The highest BCUT2D eigenvalue weighted by Gasteiger charge is 2.17. The van der Waals surface area contributed by atoms with Gasteiger partial charge in [-0.15, -0.1) is 12.4 Å². The second kappa shape index (κ2) is 9.12. The number of rotatable bonds is 4. The molecule has 0 saturated carbocycles. The first-order chi connectivity index (χ1) is 11.2. The van der Waals surface area contributed by atoms with Crippen LogP contribution in [0.3, 0.4) is 0 Å². The molecule has 0 unspecified atom stereocenters. The molecule has 0 spiro atoms. The second-order valence-corrected chi connectivity index (χ2v) is 6.34. The molecule has 0 radical (unpaired) electrons. The molecule has 2 nitrogen and oxygen atoms in total. The van der Waals surface area contributed by atoms with E-state index in [4.69, 9.17) is 16.3 Å². The van der Waals surface area contributed by atoms with Crippen LogP contribution in [-0.4, -0.2) is 31.6 Å². The highest BCUT2D eigenvalue weighted by molar-refractivity contribution is 6.31. The zero-order chi connectivity index (χ0) is 16.1. The lowest BCUT2D eigenvalue weighted by molar-refractivity contribution is 0.344. The van der Waals surface area contributed by atoms with Crippen molar-refractivity contribution in [3.8, 4) is 5.75 Å². The lowest BCUT2D eigenvalue weighted by Crippen LogP contribution is -2.20. The first-order valence-corrected chi connectivity index (χ1v) is 8.45. The Labute approximate surface area is 155 Å². The summed E-state index contributed by atoms with van der Waals surface area (Å²) in [4.78, 5) is 2.34. The Balaban J connectivity index is 0.00000208. The zero-order valence-electron chi connectivity index (χ0n) is 13.9. The van der Waals surface area contributed by atoms with Gasteiger partial charge in [-0.05, 0) is 49.2 Å². The number of hydrogen-bond donors (Lipinski definition) is 0. The maximum atomic E-state index is 6.39. The van der Waals surface area contributed by atoms with E-state index in [9.17, 15) is 0 Å². The Hall–Kier alpha value is -1.48. The molecule has 0 aromatic heterocycles. The maximum absolute atomic E-state index is 6.39. The summed E-state index contributed by atoms with van der Waals surface area (Å²) in [6.45, 7) is 2.66. The van der Waals surface area contributed by atoms with E-state index in [1.165, 1.54) is 16.7 Å². The van der Waals surface area contributed by atoms with Crippen LogP contribution in [-0.2, 0) is 12.8 Å². The van der Waals surface area contributed by atoms with Gasteiger partial charge < -0.3 is 9.64 Å². The summed E-state index contributed by atoms with van der Waals surface area (Å²) in [6.07, 6.45) is 6.12. The van der Waals surface area contributed by atoms with Crippen LogP contribution >= 0.6 is 24.0 Å². The minimum absolute atomic E-state index is 0. The van der Waals surface area contributed by atoms with Crippen molar-refractivity contribution >= 4 is 30.1 Å². The van der Waals surface area contributed by atoms with E-state index in [1.807, 2.05) is 30.3 Å². The predicted octanol–water partition coefficient (Wildman–Crippen LogP) is 4.88. The summed E-state index contributed by atoms with van der Waals surface area (Å²) in [5, 5.41) is 0.863. The van der Waals surface area contributed by atoms with Crippen molar-refractivity contribution in [2.45, 2.75) is 12.8 Å². The molecule has 128 valence electrons. The van der Waals surface area contributed by atoms with Gasteiger partial charge in [0.1, 0.15) is 12.4 Å². The van der Waals surface area contributed by atoms with Crippen molar-refractivity contribution in [2.75, 3.05) is 26.7 Å². The number of halogens is 2. The Kier molecular flexibility index (Phi) is 7.16. The van der Waals surface area contributed by atoms with Crippen molar-refractivity contribution in [3.63, 3.8) is 0 Å². The third-order valence-electron chi connectivity index (χ3n) is 4.26. The highest BCUT2D eigenvalue weighted by Crippen LogP contribution is 2.31. The third-order valence-corrected chi connectivity index (χ3v) is 4.62. The van der Waals surface area contributed by atoms with Crippen LogP contribution in [0.25, 0.3) is 6.08 Å². The molecular formula is C20H23Cl2NO. The fraction of sp³-hybridized carbons (Fsp3) is 0.300. The summed E-state index contributed by atoms with van der Waals surface area (Å²) in [5.41, 5.74) is 3.71. The van der Waals surface area contributed by atoms with Crippen LogP contribution < -0.4 is 4.74 Å². The molecular weight excluding hydrogens is 341 g/mol. The van der Waals surface area contributed by atoms with Gasteiger partial charge in [-0.3, -0.25) is 0 Å². The predicted molar refractivity (Wildman–Crippen MR) is 105 cm³/mol. The number of ether oxygens (including phenoxy) is 1. The smallest absolute Gasteiger partial charge is 0.123 e. The molecule has 1 aliphatic rings. The van der Waals surface area contributed by atoms with Crippen molar-refractivity contribution in [2.24, 2.45) is 0 Å². The van der Waals surface area contributed by atoms with E-state index in [1.54, 1.807) is 0 Å². The lowest BCUT2D eigenvalue weighted by atomic mass is 10.0. The Bertz CT molecular complexity index is 686. The molecule has 0 saturated heterocycles.